The van der Waals surface area contributed by atoms with E-state index < -0.39 is 5.97 Å². The number of carbonyl (C=O) groups is 1. The molecule has 0 aliphatic carbocycles. The van der Waals surface area contributed by atoms with Crippen LogP contribution in [0.5, 0.6) is 0 Å². The van der Waals surface area contributed by atoms with E-state index in [0.29, 0.717) is 4.91 Å². The summed E-state index contributed by atoms with van der Waals surface area (Å²) in [6, 6.07) is 0. The number of fused-ring (bicyclic) bond motifs is 1. The number of carboxylic acids is 1. The summed E-state index contributed by atoms with van der Waals surface area (Å²) < 4.78 is 0. The third kappa shape index (κ3) is 1.42. The summed E-state index contributed by atoms with van der Waals surface area (Å²) in [7, 11) is 0. The van der Waals surface area contributed by atoms with Crippen LogP contribution >= 0.6 is 11.8 Å². The van der Waals surface area contributed by atoms with Crippen LogP contribution in [0.1, 0.15) is 6.92 Å². The lowest BCUT2D eigenvalue weighted by Crippen LogP contribution is -2.19. The van der Waals surface area contributed by atoms with Gasteiger partial charge in [-0.15, -0.1) is 0 Å². The Kier molecular flexibility index (Phi) is 2.63. The molecule has 0 aromatic rings. The van der Waals surface area contributed by atoms with Crippen molar-refractivity contribution in [1.29, 1.82) is 0 Å². The molecule has 0 saturated carbocycles. The molecule has 3 N–H and O–H groups in total. The highest BCUT2D eigenvalue weighted by molar-refractivity contribution is 8.18. The fourth-order valence-electron chi connectivity index (χ4n) is 1.31. The molecule has 0 amide bonds. The SMILES string of the molecule is CC1=C(C(=O)O)SC2=NCCN21.O. The lowest BCUT2D eigenvalue weighted by Gasteiger charge is -2.11. The van der Waals surface area contributed by atoms with Crippen LogP contribution in [0.25, 0.3) is 0 Å². The van der Waals surface area contributed by atoms with Gasteiger partial charge in [-0.1, -0.05) is 0 Å². The molecule has 2 aliphatic rings. The summed E-state index contributed by atoms with van der Waals surface area (Å²) in [6.07, 6.45) is 0. The van der Waals surface area contributed by atoms with E-state index in [-0.39, 0.29) is 5.48 Å². The summed E-state index contributed by atoms with van der Waals surface area (Å²) in [5, 5.41) is 9.62. The lowest BCUT2D eigenvalue weighted by atomic mass is 10.4. The molecule has 6 heteroatoms. The minimum Gasteiger partial charge on any atom is -0.477 e. The number of carboxylic acid groups (broad SMARTS) is 1. The number of amidine groups is 1. The van der Waals surface area contributed by atoms with E-state index in [1.54, 1.807) is 0 Å². The maximum Gasteiger partial charge on any atom is 0.344 e. The number of hydrogen-bond acceptors (Lipinski definition) is 4. The molecule has 0 fully saturated rings. The van der Waals surface area contributed by atoms with Crippen molar-refractivity contribution >= 4 is 22.9 Å². The first-order valence-electron chi connectivity index (χ1n) is 3.64. The maximum atomic E-state index is 10.7. The van der Waals surface area contributed by atoms with E-state index in [0.717, 1.165) is 24.0 Å². The maximum absolute atomic E-state index is 10.7. The summed E-state index contributed by atoms with van der Waals surface area (Å²) in [5.41, 5.74) is 0.823. The Hall–Kier alpha value is -1.01. The molecule has 2 rings (SSSR count). The van der Waals surface area contributed by atoms with E-state index in [2.05, 4.69) is 4.99 Å². The molecule has 0 spiro atoms. The summed E-state index contributed by atoms with van der Waals surface area (Å²) in [4.78, 5) is 17.2. The molecule has 5 nitrogen and oxygen atoms in total. The van der Waals surface area contributed by atoms with Crippen molar-refractivity contribution in [2.45, 2.75) is 6.92 Å². The fraction of sp³-hybridized carbons (Fsp3) is 0.429. The smallest absolute Gasteiger partial charge is 0.344 e. The fourth-order valence-corrected chi connectivity index (χ4v) is 2.33. The van der Waals surface area contributed by atoms with Crippen molar-refractivity contribution in [3.63, 3.8) is 0 Å². The lowest BCUT2D eigenvalue weighted by molar-refractivity contribution is -0.131. The summed E-state index contributed by atoms with van der Waals surface area (Å²) in [5.74, 6) is -0.852. The van der Waals surface area contributed by atoms with Gasteiger partial charge in [0.2, 0.25) is 0 Å². The number of nitrogens with zero attached hydrogens (tertiary/aromatic N) is 2. The zero-order chi connectivity index (χ0) is 8.72. The molecular weight excluding hydrogens is 192 g/mol. The van der Waals surface area contributed by atoms with Crippen molar-refractivity contribution in [3.05, 3.63) is 10.6 Å². The van der Waals surface area contributed by atoms with Gasteiger partial charge in [0.15, 0.2) is 5.17 Å². The Bertz CT molecular complexity index is 311. The summed E-state index contributed by atoms with van der Waals surface area (Å²) >= 11 is 1.25. The third-order valence-corrected chi connectivity index (χ3v) is 3.13. The molecular formula is C7H10N2O3S. The van der Waals surface area contributed by atoms with Crippen molar-refractivity contribution < 1.29 is 15.4 Å². The van der Waals surface area contributed by atoms with E-state index in [1.165, 1.54) is 11.8 Å². The van der Waals surface area contributed by atoms with Crippen LogP contribution in [0.15, 0.2) is 15.6 Å². The number of rotatable bonds is 1. The average Bonchev–Trinajstić information content (AvgIpc) is 2.53. The Morgan fingerprint density at radius 1 is 1.69 bits per heavy atom. The molecule has 2 aliphatic heterocycles. The quantitative estimate of drug-likeness (QED) is 0.643. The Morgan fingerprint density at radius 3 is 2.92 bits per heavy atom. The van der Waals surface area contributed by atoms with Crippen LogP contribution in [-0.2, 0) is 4.79 Å². The van der Waals surface area contributed by atoms with Crippen LogP contribution in [0.4, 0.5) is 0 Å². The highest BCUT2D eigenvalue weighted by Crippen LogP contribution is 2.35. The molecule has 0 radical (unpaired) electrons. The van der Waals surface area contributed by atoms with Gasteiger partial charge in [-0.25, -0.2) is 4.79 Å². The minimum absolute atomic E-state index is 0. The van der Waals surface area contributed by atoms with Gasteiger partial charge in [0.05, 0.1) is 6.54 Å². The van der Waals surface area contributed by atoms with Crippen molar-refractivity contribution in [1.82, 2.24) is 4.90 Å². The Balaban J connectivity index is 0.000000845. The van der Waals surface area contributed by atoms with Crippen molar-refractivity contribution in [3.8, 4) is 0 Å². The van der Waals surface area contributed by atoms with E-state index >= 15 is 0 Å². The number of aliphatic imine (C=N–C) groups is 1. The van der Waals surface area contributed by atoms with E-state index in [1.807, 2.05) is 11.8 Å². The standard InChI is InChI=1S/C7H8N2O2S.H2O/c1-4-5(6(10)11)12-7-8-2-3-9(4)7;/h2-3H2,1H3,(H,10,11);1H2. The van der Waals surface area contributed by atoms with Gasteiger partial charge in [-0.05, 0) is 18.7 Å². The molecule has 0 saturated heterocycles. The van der Waals surface area contributed by atoms with Crippen LogP contribution in [-0.4, -0.2) is 39.7 Å². The minimum atomic E-state index is -0.852. The van der Waals surface area contributed by atoms with Gasteiger partial charge < -0.3 is 15.5 Å². The first-order valence-corrected chi connectivity index (χ1v) is 4.46. The number of thioether (sulfide) groups is 1. The van der Waals surface area contributed by atoms with Gasteiger partial charge in [0.25, 0.3) is 0 Å². The van der Waals surface area contributed by atoms with Gasteiger partial charge >= 0.3 is 5.97 Å². The average molecular weight is 202 g/mol. The Labute approximate surface area is 79.4 Å². The number of allylic oxidation sites excluding steroid dienone is 1. The molecule has 13 heavy (non-hydrogen) atoms. The van der Waals surface area contributed by atoms with Gasteiger partial charge in [0, 0.05) is 12.2 Å². The van der Waals surface area contributed by atoms with Gasteiger partial charge in [-0.3, -0.25) is 4.99 Å². The second kappa shape index (κ2) is 3.39. The van der Waals surface area contributed by atoms with Gasteiger partial charge in [-0.2, -0.15) is 0 Å². The largest absolute Gasteiger partial charge is 0.477 e. The number of hydrogen-bond donors (Lipinski definition) is 1. The highest BCUT2D eigenvalue weighted by atomic mass is 32.2. The molecule has 72 valence electrons. The number of aliphatic carboxylic acids is 1. The zero-order valence-corrected chi connectivity index (χ0v) is 7.89. The molecule has 2 heterocycles. The van der Waals surface area contributed by atoms with Crippen LogP contribution in [0.3, 0.4) is 0 Å². The van der Waals surface area contributed by atoms with E-state index in [9.17, 15) is 4.79 Å². The first-order chi connectivity index (χ1) is 5.70. The predicted molar refractivity (Wildman–Crippen MR) is 50.5 cm³/mol. The third-order valence-electron chi connectivity index (χ3n) is 1.92. The van der Waals surface area contributed by atoms with Crippen molar-refractivity contribution in [2.75, 3.05) is 13.1 Å². The second-order valence-corrected chi connectivity index (χ2v) is 3.62. The predicted octanol–water partition coefficient (Wildman–Crippen LogP) is -0.104. The zero-order valence-electron chi connectivity index (χ0n) is 7.07. The van der Waals surface area contributed by atoms with Crippen LogP contribution in [0, 0.1) is 0 Å². The normalized spacial score (nSPS) is 19.8. The molecule has 0 aromatic carbocycles. The molecule has 0 unspecified atom stereocenters. The van der Waals surface area contributed by atoms with Crippen LogP contribution in [0.2, 0.25) is 0 Å². The van der Waals surface area contributed by atoms with Crippen molar-refractivity contribution in [2.24, 2.45) is 4.99 Å². The topological polar surface area (TPSA) is 84.4 Å². The Morgan fingerprint density at radius 2 is 2.38 bits per heavy atom. The molecule has 0 aromatic heterocycles. The monoisotopic (exact) mass is 202 g/mol. The second-order valence-electron chi connectivity index (χ2n) is 2.64. The summed E-state index contributed by atoms with van der Waals surface area (Å²) in [6.45, 7) is 3.43. The van der Waals surface area contributed by atoms with E-state index in [4.69, 9.17) is 5.11 Å². The molecule has 0 bridgehead atoms. The van der Waals surface area contributed by atoms with Crippen LogP contribution < -0.4 is 0 Å². The first kappa shape index (κ1) is 10.1. The highest BCUT2D eigenvalue weighted by Gasteiger charge is 2.32. The molecule has 0 atom stereocenters. The van der Waals surface area contributed by atoms with Gasteiger partial charge in [0.1, 0.15) is 4.91 Å².